The lowest BCUT2D eigenvalue weighted by Gasteiger charge is -2.31. The minimum Gasteiger partial charge on any atom is -0.501 e. The first kappa shape index (κ1) is 27.1. The second kappa shape index (κ2) is 15.5. The second-order valence-corrected chi connectivity index (χ2v) is 8.91. The Morgan fingerprint density at radius 1 is 1.00 bits per heavy atom. The predicted molar refractivity (Wildman–Crippen MR) is 136 cm³/mol. The molecule has 0 radical (unpaired) electrons. The van der Waals surface area contributed by atoms with E-state index in [1.54, 1.807) is 12.0 Å². The van der Waals surface area contributed by atoms with Crippen LogP contribution in [-0.4, -0.2) is 70.8 Å². The number of benzene rings is 1. The largest absolute Gasteiger partial charge is 0.501 e. The van der Waals surface area contributed by atoms with Crippen LogP contribution in [0.4, 0.5) is 4.79 Å². The van der Waals surface area contributed by atoms with Gasteiger partial charge in [-0.3, -0.25) is 0 Å². The summed E-state index contributed by atoms with van der Waals surface area (Å²) in [6.07, 6.45) is 9.69. The van der Waals surface area contributed by atoms with Gasteiger partial charge in [-0.25, -0.2) is 4.79 Å². The van der Waals surface area contributed by atoms with Crippen LogP contribution in [-0.2, 0) is 18.9 Å². The van der Waals surface area contributed by atoms with Gasteiger partial charge in [-0.1, -0.05) is 31.2 Å². The van der Waals surface area contributed by atoms with Gasteiger partial charge in [-0.05, 0) is 49.3 Å². The van der Waals surface area contributed by atoms with Crippen molar-refractivity contribution in [1.82, 2.24) is 4.90 Å². The Morgan fingerprint density at radius 3 is 2.54 bits per heavy atom. The first-order chi connectivity index (χ1) is 17.2. The fourth-order valence-electron chi connectivity index (χ4n) is 4.35. The summed E-state index contributed by atoms with van der Waals surface area (Å²) in [5.74, 6) is 2.36. The van der Waals surface area contributed by atoms with Gasteiger partial charge in [0.25, 0.3) is 0 Å². The highest BCUT2D eigenvalue weighted by Gasteiger charge is 2.24. The van der Waals surface area contributed by atoms with Crippen LogP contribution >= 0.6 is 0 Å². The molecule has 194 valence electrons. The Hall–Kier alpha value is -2.51. The monoisotopic (exact) mass is 487 g/mol. The maximum absolute atomic E-state index is 12.2. The van der Waals surface area contributed by atoms with Gasteiger partial charge in [-0.2, -0.15) is 0 Å². The zero-order chi connectivity index (χ0) is 24.7. The summed E-state index contributed by atoms with van der Waals surface area (Å²) in [6, 6.07) is 8.36. The molecule has 0 bridgehead atoms. The minimum atomic E-state index is -0.234. The molecule has 35 heavy (non-hydrogen) atoms. The molecule has 7 nitrogen and oxygen atoms in total. The summed E-state index contributed by atoms with van der Waals surface area (Å²) in [6.45, 7) is 6.83. The highest BCUT2D eigenvalue weighted by molar-refractivity contribution is 5.67. The third kappa shape index (κ3) is 9.22. The Bertz CT molecular complexity index is 811. The van der Waals surface area contributed by atoms with E-state index in [1.807, 2.05) is 12.1 Å². The number of hydrogen-bond acceptors (Lipinski definition) is 6. The van der Waals surface area contributed by atoms with Crippen molar-refractivity contribution < 1.29 is 28.5 Å². The summed E-state index contributed by atoms with van der Waals surface area (Å²) < 4.78 is 27.8. The summed E-state index contributed by atoms with van der Waals surface area (Å²) in [4.78, 5) is 14.0. The van der Waals surface area contributed by atoms with Gasteiger partial charge >= 0.3 is 6.09 Å². The van der Waals surface area contributed by atoms with Crippen LogP contribution in [0.15, 0.2) is 47.7 Å². The number of carbonyl (C=O) groups is 1. The van der Waals surface area contributed by atoms with Gasteiger partial charge < -0.3 is 28.6 Å². The highest BCUT2D eigenvalue weighted by atomic mass is 16.6. The molecule has 1 aliphatic heterocycles. The average molecular weight is 488 g/mol. The van der Waals surface area contributed by atoms with E-state index >= 15 is 0 Å². The van der Waals surface area contributed by atoms with Crippen molar-refractivity contribution in [1.29, 1.82) is 0 Å². The lowest BCUT2D eigenvalue weighted by atomic mass is 9.89. The van der Waals surface area contributed by atoms with Crippen molar-refractivity contribution in [2.24, 2.45) is 0 Å². The number of nitrogens with zero attached hydrogens (tertiary/aromatic N) is 1. The molecule has 0 unspecified atom stereocenters. The van der Waals surface area contributed by atoms with E-state index in [-0.39, 0.29) is 6.09 Å². The smallest absolute Gasteiger partial charge is 0.409 e. The van der Waals surface area contributed by atoms with Gasteiger partial charge in [-0.15, -0.1) is 0 Å². The zero-order valence-corrected chi connectivity index (χ0v) is 21.3. The summed E-state index contributed by atoms with van der Waals surface area (Å²) in [5.41, 5.74) is 2.43. The molecule has 0 N–H and O–H groups in total. The van der Waals surface area contributed by atoms with Crippen molar-refractivity contribution >= 4 is 6.09 Å². The topological polar surface area (TPSA) is 66.5 Å². The van der Waals surface area contributed by atoms with E-state index in [0.29, 0.717) is 45.6 Å². The number of rotatable bonds is 14. The molecule has 1 aliphatic carbocycles. The predicted octanol–water partition coefficient (Wildman–Crippen LogP) is 5.47. The van der Waals surface area contributed by atoms with Crippen LogP contribution in [0.25, 0.3) is 0 Å². The van der Waals surface area contributed by atoms with Crippen LogP contribution < -0.4 is 4.74 Å². The quantitative estimate of drug-likeness (QED) is 0.325. The molecule has 3 rings (SSSR count). The molecular formula is C28H41NO6. The Morgan fingerprint density at radius 2 is 1.80 bits per heavy atom. The molecule has 1 amide bonds. The zero-order valence-electron chi connectivity index (χ0n) is 21.3. The SMILES string of the molecule is CCCOCCOC(=O)N1CCC(c2ccc(OCCCOCC3=C(OC)CCC=C3)cc2)CC1. The van der Waals surface area contributed by atoms with Gasteiger partial charge in [0.2, 0.25) is 0 Å². The van der Waals surface area contributed by atoms with Gasteiger partial charge in [0.15, 0.2) is 0 Å². The Labute approximate surface area is 210 Å². The number of hydrogen-bond donors (Lipinski definition) is 0. The molecule has 0 spiro atoms. The lowest BCUT2D eigenvalue weighted by Crippen LogP contribution is -2.38. The van der Waals surface area contributed by atoms with Gasteiger partial charge in [0, 0.05) is 38.1 Å². The van der Waals surface area contributed by atoms with Crippen LogP contribution in [0.5, 0.6) is 5.75 Å². The molecule has 0 aromatic heterocycles. The number of likely N-dealkylation sites (tertiary alicyclic amines) is 1. The maximum Gasteiger partial charge on any atom is 0.409 e. The summed E-state index contributed by atoms with van der Waals surface area (Å²) in [7, 11) is 1.72. The van der Waals surface area contributed by atoms with Crippen molar-refractivity contribution in [2.75, 3.05) is 59.8 Å². The van der Waals surface area contributed by atoms with Crippen LogP contribution in [0.2, 0.25) is 0 Å². The number of amides is 1. The summed E-state index contributed by atoms with van der Waals surface area (Å²) in [5, 5.41) is 0. The molecule has 1 aromatic rings. The van der Waals surface area contributed by atoms with Crippen LogP contribution in [0, 0.1) is 0 Å². The normalized spacial score (nSPS) is 16.5. The van der Waals surface area contributed by atoms with E-state index in [1.165, 1.54) is 5.56 Å². The molecule has 1 fully saturated rings. The number of methoxy groups -OCH3 is 1. The fraction of sp³-hybridized carbons (Fsp3) is 0.607. The van der Waals surface area contributed by atoms with Crippen molar-refractivity contribution in [3.63, 3.8) is 0 Å². The van der Waals surface area contributed by atoms with E-state index in [9.17, 15) is 4.79 Å². The minimum absolute atomic E-state index is 0.234. The van der Waals surface area contributed by atoms with Crippen molar-refractivity contribution in [2.45, 2.75) is 51.4 Å². The molecule has 1 heterocycles. The fourth-order valence-corrected chi connectivity index (χ4v) is 4.35. The number of carbonyl (C=O) groups excluding carboxylic acids is 1. The molecule has 1 saturated heterocycles. The maximum atomic E-state index is 12.2. The highest BCUT2D eigenvalue weighted by Crippen LogP contribution is 2.29. The van der Waals surface area contributed by atoms with E-state index in [0.717, 1.165) is 68.7 Å². The van der Waals surface area contributed by atoms with E-state index in [4.69, 9.17) is 23.7 Å². The standard InChI is InChI=1S/C28H41NO6/c1-3-17-32-20-21-35-28(30)29-15-13-24(14-16-29)23-9-11-26(12-10-23)34-19-6-18-33-22-25-7-4-5-8-27(25)31-2/h4,7,9-12,24H,3,5-6,8,13-22H2,1-2H3. The molecule has 0 atom stereocenters. The molecule has 0 saturated carbocycles. The van der Waals surface area contributed by atoms with Gasteiger partial charge in [0.1, 0.15) is 18.1 Å². The molecule has 2 aliphatic rings. The van der Waals surface area contributed by atoms with Gasteiger partial charge in [0.05, 0.1) is 33.5 Å². The Balaban J connectivity index is 1.28. The number of ether oxygens (including phenoxy) is 5. The average Bonchev–Trinajstić information content (AvgIpc) is 2.91. The van der Waals surface area contributed by atoms with Crippen LogP contribution in [0.3, 0.4) is 0 Å². The van der Waals surface area contributed by atoms with Crippen LogP contribution in [0.1, 0.15) is 56.9 Å². The van der Waals surface area contributed by atoms with E-state index < -0.39 is 0 Å². The Kier molecular flexibility index (Phi) is 12.0. The van der Waals surface area contributed by atoms with Crippen molar-refractivity contribution in [3.05, 3.63) is 53.3 Å². The molecule has 1 aromatic carbocycles. The number of piperidine rings is 1. The molecular weight excluding hydrogens is 446 g/mol. The first-order valence-electron chi connectivity index (χ1n) is 12.9. The number of allylic oxidation sites excluding steroid dienone is 2. The third-order valence-corrected chi connectivity index (χ3v) is 6.33. The first-order valence-corrected chi connectivity index (χ1v) is 12.9. The summed E-state index contributed by atoms with van der Waals surface area (Å²) >= 11 is 0. The third-order valence-electron chi connectivity index (χ3n) is 6.33. The second-order valence-electron chi connectivity index (χ2n) is 8.91. The molecule has 7 heteroatoms. The van der Waals surface area contributed by atoms with Crippen molar-refractivity contribution in [3.8, 4) is 5.75 Å². The lowest BCUT2D eigenvalue weighted by molar-refractivity contribution is 0.0510. The van der Waals surface area contributed by atoms with E-state index in [2.05, 4.69) is 31.2 Å².